The van der Waals surface area contributed by atoms with Gasteiger partial charge in [0.1, 0.15) is 5.75 Å². The lowest BCUT2D eigenvalue weighted by Gasteiger charge is -2.24. The van der Waals surface area contributed by atoms with Crippen LogP contribution in [0.4, 0.5) is 19.0 Å². The first-order valence-electron chi connectivity index (χ1n) is 11.8. The van der Waals surface area contributed by atoms with Crippen LogP contribution in [0.25, 0.3) is 0 Å². The number of unbranched alkanes of at least 4 members (excludes halogenated alkanes) is 1. The van der Waals surface area contributed by atoms with Gasteiger partial charge in [0, 0.05) is 26.6 Å². The second kappa shape index (κ2) is 12.6. The second-order valence-electron chi connectivity index (χ2n) is 8.80. The summed E-state index contributed by atoms with van der Waals surface area (Å²) in [6, 6.07) is 7.38. The first-order valence-corrected chi connectivity index (χ1v) is 11.8. The van der Waals surface area contributed by atoms with Crippen LogP contribution in [0, 0.1) is 0 Å². The number of alkyl halides is 3. The molecule has 0 fully saturated rings. The predicted molar refractivity (Wildman–Crippen MR) is 128 cm³/mol. The zero-order valence-corrected chi connectivity index (χ0v) is 21.0. The van der Waals surface area contributed by atoms with Crippen molar-refractivity contribution in [1.82, 2.24) is 14.3 Å². The van der Waals surface area contributed by atoms with E-state index in [2.05, 4.69) is 10.4 Å². The summed E-state index contributed by atoms with van der Waals surface area (Å²) in [7, 11) is 1.26. The Labute approximate surface area is 207 Å². The lowest BCUT2D eigenvalue weighted by Crippen LogP contribution is -2.41. The van der Waals surface area contributed by atoms with Crippen LogP contribution < -0.4 is 21.3 Å². The molecule has 0 unspecified atom stereocenters. The number of ether oxygens (including phenoxy) is 2. The molecule has 9 nitrogen and oxygen atoms in total. The molecule has 0 aliphatic carbocycles. The zero-order chi connectivity index (χ0) is 26.9. The molecule has 200 valence electrons. The van der Waals surface area contributed by atoms with Crippen molar-refractivity contribution < 1.29 is 27.4 Å². The molecule has 0 saturated heterocycles. The standard InChI is InChI=1S/C24H33F3N4O5/c1-5-35-21(33)23(2,3)36-18-12-8-11-17(16-18)10-6-7-14-28-19-20(32)30(4)22(34)31(29-19)15-9-13-24(25,26)27/h8,11-12,16H,5-7,9-10,13-15H2,1-4H3,(H,28,29). The SMILES string of the molecule is CCOC(=O)C(C)(C)Oc1cccc(CCCCNc2nn(CCCC(F)(F)F)c(=O)n(C)c2=O)c1. The summed E-state index contributed by atoms with van der Waals surface area (Å²) < 4.78 is 49.7. The molecule has 0 radical (unpaired) electrons. The number of rotatable bonds is 13. The van der Waals surface area contributed by atoms with Gasteiger partial charge in [0.2, 0.25) is 5.82 Å². The number of aromatic nitrogens is 3. The Balaban J connectivity index is 1.90. The molecule has 2 rings (SSSR count). The van der Waals surface area contributed by atoms with Gasteiger partial charge < -0.3 is 14.8 Å². The highest BCUT2D eigenvalue weighted by Crippen LogP contribution is 2.22. The number of nitrogens with zero attached hydrogens (tertiary/aromatic N) is 3. The Hall–Kier alpha value is -3.31. The first-order chi connectivity index (χ1) is 16.8. The Bertz CT molecular complexity index is 1140. The number of carbonyl (C=O) groups is 1. The summed E-state index contributed by atoms with van der Waals surface area (Å²) in [5, 5.41) is 6.80. The van der Waals surface area contributed by atoms with Crippen molar-refractivity contribution in [3.63, 3.8) is 0 Å². The summed E-state index contributed by atoms with van der Waals surface area (Å²) >= 11 is 0. The lowest BCUT2D eigenvalue weighted by atomic mass is 10.1. The predicted octanol–water partition coefficient (Wildman–Crippen LogP) is 3.44. The van der Waals surface area contributed by atoms with Gasteiger partial charge in [0.05, 0.1) is 6.61 Å². The third kappa shape index (κ3) is 8.72. The maximum Gasteiger partial charge on any atom is 0.389 e. The number of nitrogens with one attached hydrogen (secondary N) is 1. The monoisotopic (exact) mass is 514 g/mol. The van der Waals surface area contributed by atoms with Crippen LogP contribution in [0.15, 0.2) is 33.9 Å². The molecule has 36 heavy (non-hydrogen) atoms. The summed E-state index contributed by atoms with van der Waals surface area (Å²) in [5.74, 6) is 0.0118. The minimum atomic E-state index is -4.33. The molecule has 1 aromatic heterocycles. The number of hydrogen-bond acceptors (Lipinski definition) is 7. The second-order valence-corrected chi connectivity index (χ2v) is 8.80. The third-order valence-electron chi connectivity index (χ3n) is 5.29. The maximum absolute atomic E-state index is 12.4. The van der Waals surface area contributed by atoms with Crippen LogP contribution in [0.3, 0.4) is 0 Å². The highest BCUT2D eigenvalue weighted by molar-refractivity contribution is 5.79. The maximum atomic E-state index is 12.4. The highest BCUT2D eigenvalue weighted by Gasteiger charge is 2.31. The van der Waals surface area contributed by atoms with E-state index in [9.17, 15) is 27.6 Å². The molecule has 0 aliphatic heterocycles. The fourth-order valence-corrected chi connectivity index (χ4v) is 3.38. The van der Waals surface area contributed by atoms with E-state index in [0.29, 0.717) is 25.1 Å². The van der Waals surface area contributed by atoms with Gasteiger partial charge in [-0.1, -0.05) is 12.1 Å². The highest BCUT2D eigenvalue weighted by atomic mass is 19.4. The Kier molecular flexibility index (Phi) is 10.1. The number of esters is 1. The van der Waals surface area contributed by atoms with E-state index in [0.717, 1.165) is 21.2 Å². The molecular formula is C24H33F3N4O5. The van der Waals surface area contributed by atoms with Gasteiger partial charge in [-0.15, -0.1) is 5.10 Å². The van der Waals surface area contributed by atoms with E-state index in [-0.39, 0.29) is 25.4 Å². The van der Waals surface area contributed by atoms with Gasteiger partial charge in [0.25, 0.3) is 5.56 Å². The fraction of sp³-hybridized carbons (Fsp3) is 0.583. The van der Waals surface area contributed by atoms with Crippen LogP contribution >= 0.6 is 0 Å². The molecule has 0 aliphatic rings. The minimum Gasteiger partial charge on any atom is -0.476 e. The summed E-state index contributed by atoms with van der Waals surface area (Å²) in [4.78, 5) is 36.5. The molecule has 1 aromatic carbocycles. The van der Waals surface area contributed by atoms with Gasteiger partial charge in [0.15, 0.2) is 5.60 Å². The lowest BCUT2D eigenvalue weighted by molar-refractivity contribution is -0.158. The van der Waals surface area contributed by atoms with Crippen LogP contribution in [0.2, 0.25) is 0 Å². The normalized spacial score (nSPS) is 11.9. The molecule has 1 N–H and O–H groups in total. The van der Waals surface area contributed by atoms with E-state index in [1.165, 1.54) is 7.05 Å². The van der Waals surface area contributed by atoms with Crippen molar-refractivity contribution in [3.05, 3.63) is 50.7 Å². The molecule has 1 heterocycles. The van der Waals surface area contributed by atoms with Crippen molar-refractivity contribution in [2.45, 2.75) is 71.2 Å². The average Bonchev–Trinajstić information content (AvgIpc) is 2.79. The van der Waals surface area contributed by atoms with Gasteiger partial charge in [-0.25, -0.2) is 14.3 Å². The van der Waals surface area contributed by atoms with E-state index in [4.69, 9.17) is 9.47 Å². The largest absolute Gasteiger partial charge is 0.476 e. The molecule has 0 atom stereocenters. The van der Waals surface area contributed by atoms with Gasteiger partial charge in [-0.3, -0.25) is 9.36 Å². The number of halogens is 3. The van der Waals surface area contributed by atoms with Crippen molar-refractivity contribution in [1.29, 1.82) is 0 Å². The van der Waals surface area contributed by atoms with Crippen molar-refractivity contribution in [2.75, 3.05) is 18.5 Å². The summed E-state index contributed by atoms with van der Waals surface area (Å²) in [6.45, 7) is 5.41. The summed E-state index contributed by atoms with van der Waals surface area (Å²) in [5.41, 5.74) is -1.53. The number of aryl methyl sites for hydroxylation is 2. The smallest absolute Gasteiger partial charge is 0.389 e. The first kappa shape index (κ1) is 28.9. The number of anilines is 1. The van der Waals surface area contributed by atoms with Crippen LogP contribution in [-0.2, 0) is 29.5 Å². The third-order valence-corrected chi connectivity index (χ3v) is 5.29. The van der Waals surface area contributed by atoms with Gasteiger partial charge in [-0.05, 0) is 64.2 Å². The van der Waals surface area contributed by atoms with E-state index in [1.807, 2.05) is 18.2 Å². The Morgan fingerprint density at radius 2 is 1.86 bits per heavy atom. The molecule has 0 spiro atoms. The molecule has 12 heteroatoms. The topological polar surface area (TPSA) is 104 Å². The zero-order valence-electron chi connectivity index (χ0n) is 21.0. The molecule has 0 bridgehead atoms. The van der Waals surface area contributed by atoms with E-state index < -0.39 is 35.4 Å². The summed E-state index contributed by atoms with van der Waals surface area (Å²) in [6.07, 6.45) is -3.55. The van der Waals surface area contributed by atoms with Crippen molar-refractivity contribution >= 4 is 11.8 Å². The Morgan fingerprint density at radius 3 is 2.53 bits per heavy atom. The molecule has 0 amide bonds. The molecular weight excluding hydrogens is 481 g/mol. The van der Waals surface area contributed by atoms with Gasteiger partial charge >= 0.3 is 17.8 Å². The van der Waals surface area contributed by atoms with Crippen molar-refractivity contribution in [2.24, 2.45) is 7.05 Å². The number of carbonyl (C=O) groups excluding carboxylic acids is 1. The minimum absolute atomic E-state index is 0.0827. The van der Waals surface area contributed by atoms with E-state index >= 15 is 0 Å². The number of hydrogen-bond donors (Lipinski definition) is 1. The average molecular weight is 515 g/mol. The van der Waals surface area contributed by atoms with Crippen LogP contribution in [0.5, 0.6) is 5.75 Å². The quantitative estimate of drug-likeness (QED) is 0.323. The number of benzene rings is 1. The van der Waals surface area contributed by atoms with Crippen LogP contribution in [0.1, 0.15) is 52.0 Å². The molecule has 0 saturated carbocycles. The molecule has 2 aromatic rings. The van der Waals surface area contributed by atoms with Gasteiger partial charge in [-0.2, -0.15) is 13.2 Å². The Morgan fingerprint density at radius 1 is 1.14 bits per heavy atom. The van der Waals surface area contributed by atoms with E-state index in [1.54, 1.807) is 26.8 Å². The van der Waals surface area contributed by atoms with Crippen LogP contribution in [-0.4, -0.2) is 45.2 Å². The van der Waals surface area contributed by atoms with Crippen molar-refractivity contribution in [3.8, 4) is 5.75 Å². The fourth-order valence-electron chi connectivity index (χ4n) is 3.38.